The molecule has 1 aromatic carbocycles. The lowest BCUT2D eigenvalue weighted by molar-refractivity contribution is -0.387. The predicted octanol–water partition coefficient (Wildman–Crippen LogP) is 1.88. The summed E-state index contributed by atoms with van der Waals surface area (Å²) in [6, 6.07) is 5.16. The Balaban J connectivity index is 2.50. The van der Waals surface area contributed by atoms with Crippen molar-refractivity contribution in [2.45, 2.75) is 35.8 Å². The standard InChI is InChI=1S/C12H13NO5S/c14-10-6-2-4-8-12(10)19(17,18)11-7-3-1-5-9(11)13(15)16/h1,3,5,7,12H,2,4,6,8H2. The van der Waals surface area contributed by atoms with Crippen molar-refractivity contribution in [3.05, 3.63) is 34.4 Å². The highest BCUT2D eigenvalue weighted by molar-refractivity contribution is 7.93. The second kappa shape index (κ2) is 5.08. The number of Topliss-reactive ketones (excluding diaryl/α,β-unsaturated/α-hetero) is 1. The third-order valence-corrected chi connectivity index (χ3v) is 5.45. The predicted molar refractivity (Wildman–Crippen MR) is 67.5 cm³/mol. The molecule has 0 saturated heterocycles. The minimum atomic E-state index is -3.98. The molecule has 1 unspecified atom stereocenters. The highest BCUT2D eigenvalue weighted by Gasteiger charge is 2.38. The number of nitrogens with zero attached hydrogens (tertiary/aromatic N) is 1. The number of nitro groups is 1. The topological polar surface area (TPSA) is 94.3 Å². The van der Waals surface area contributed by atoms with Crippen LogP contribution in [-0.2, 0) is 14.6 Å². The fraction of sp³-hybridized carbons (Fsp3) is 0.417. The SMILES string of the molecule is O=C1CCCCC1S(=O)(=O)c1ccccc1[N+](=O)[O-]. The molecule has 1 aliphatic rings. The quantitative estimate of drug-likeness (QED) is 0.623. The minimum absolute atomic E-state index is 0.227. The summed E-state index contributed by atoms with van der Waals surface area (Å²) in [6.45, 7) is 0. The average Bonchev–Trinajstić information content (AvgIpc) is 2.39. The number of rotatable bonds is 3. The van der Waals surface area contributed by atoms with Gasteiger partial charge >= 0.3 is 0 Å². The molecule has 1 aromatic rings. The van der Waals surface area contributed by atoms with Gasteiger partial charge in [-0.15, -0.1) is 0 Å². The lowest BCUT2D eigenvalue weighted by atomic mass is 9.99. The van der Waals surface area contributed by atoms with Crippen molar-refractivity contribution in [2.24, 2.45) is 0 Å². The summed E-state index contributed by atoms with van der Waals surface area (Å²) in [5, 5.41) is 9.75. The van der Waals surface area contributed by atoms with Gasteiger partial charge in [-0.3, -0.25) is 14.9 Å². The van der Waals surface area contributed by atoms with Gasteiger partial charge in [0.25, 0.3) is 5.69 Å². The summed E-state index contributed by atoms with van der Waals surface area (Å²) in [7, 11) is -3.98. The van der Waals surface area contributed by atoms with Gasteiger partial charge in [0.1, 0.15) is 10.1 Å². The van der Waals surface area contributed by atoms with E-state index in [4.69, 9.17) is 0 Å². The maximum atomic E-state index is 12.4. The van der Waals surface area contributed by atoms with Crippen molar-refractivity contribution in [3.63, 3.8) is 0 Å². The van der Waals surface area contributed by atoms with E-state index in [2.05, 4.69) is 0 Å². The number of carbonyl (C=O) groups excluding carboxylic acids is 1. The number of ketones is 1. The number of hydrogen-bond acceptors (Lipinski definition) is 5. The second-order valence-corrected chi connectivity index (χ2v) is 6.57. The maximum Gasteiger partial charge on any atom is 0.287 e. The van der Waals surface area contributed by atoms with Crippen LogP contribution in [0.1, 0.15) is 25.7 Å². The summed E-state index contributed by atoms with van der Waals surface area (Å²) in [6.07, 6.45) is 1.80. The normalized spacial score (nSPS) is 20.2. The summed E-state index contributed by atoms with van der Waals surface area (Å²) in [5.41, 5.74) is -0.471. The third kappa shape index (κ3) is 2.51. The summed E-state index contributed by atoms with van der Waals surface area (Å²) < 4.78 is 24.8. The first-order chi connectivity index (χ1) is 8.94. The van der Waals surface area contributed by atoms with E-state index in [0.29, 0.717) is 12.8 Å². The number of benzene rings is 1. The molecule has 102 valence electrons. The number of para-hydroxylation sites is 1. The first-order valence-corrected chi connectivity index (χ1v) is 7.49. The van der Waals surface area contributed by atoms with E-state index in [1.807, 2.05) is 0 Å². The van der Waals surface area contributed by atoms with Gasteiger partial charge in [0.2, 0.25) is 0 Å². The molecule has 0 aromatic heterocycles. The minimum Gasteiger partial charge on any atom is -0.298 e. The van der Waals surface area contributed by atoms with E-state index in [-0.39, 0.29) is 23.5 Å². The van der Waals surface area contributed by atoms with E-state index < -0.39 is 25.7 Å². The zero-order valence-electron chi connectivity index (χ0n) is 10.1. The van der Waals surface area contributed by atoms with Crippen LogP contribution in [0.5, 0.6) is 0 Å². The van der Waals surface area contributed by atoms with Gasteiger partial charge in [-0.05, 0) is 18.9 Å². The average molecular weight is 283 g/mol. The molecule has 0 spiro atoms. The van der Waals surface area contributed by atoms with Crippen LogP contribution in [0.2, 0.25) is 0 Å². The molecule has 0 N–H and O–H groups in total. The van der Waals surface area contributed by atoms with Crippen LogP contribution in [-0.4, -0.2) is 24.4 Å². The van der Waals surface area contributed by atoms with Crippen LogP contribution in [0, 0.1) is 10.1 Å². The summed E-state index contributed by atoms with van der Waals surface area (Å²) in [4.78, 5) is 21.5. The molecule has 0 heterocycles. The fourth-order valence-corrected chi connectivity index (χ4v) is 4.23. The van der Waals surface area contributed by atoms with Gasteiger partial charge in [-0.25, -0.2) is 8.42 Å². The zero-order chi connectivity index (χ0) is 14.0. The molecule has 19 heavy (non-hydrogen) atoms. The lowest BCUT2D eigenvalue weighted by Gasteiger charge is -2.20. The van der Waals surface area contributed by atoms with E-state index in [1.165, 1.54) is 18.2 Å². The maximum absolute atomic E-state index is 12.4. The molecule has 1 aliphatic carbocycles. The number of carbonyl (C=O) groups is 1. The van der Waals surface area contributed by atoms with Crippen LogP contribution in [0.4, 0.5) is 5.69 Å². The Labute approximate surface area is 110 Å². The Bertz CT molecular complexity index is 623. The molecule has 0 bridgehead atoms. The van der Waals surface area contributed by atoms with Crippen molar-refractivity contribution in [1.82, 2.24) is 0 Å². The molecule has 1 saturated carbocycles. The number of hydrogen-bond donors (Lipinski definition) is 0. The van der Waals surface area contributed by atoms with Crippen molar-refractivity contribution in [3.8, 4) is 0 Å². The number of nitro benzene ring substituents is 1. The highest BCUT2D eigenvalue weighted by atomic mass is 32.2. The van der Waals surface area contributed by atoms with Crippen molar-refractivity contribution >= 4 is 21.3 Å². The van der Waals surface area contributed by atoms with Crippen LogP contribution < -0.4 is 0 Å². The Morgan fingerprint density at radius 2 is 1.89 bits per heavy atom. The first kappa shape index (κ1) is 13.7. The van der Waals surface area contributed by atoms with Gasteiger partial charge < -0.3 is 0 Å². The molecular formula is C12H13NO5S. The number of sulfone groups is 1. The molecule has 7 heteroatoms. The molecule has 1 fully saturated rings. The highest BCUT2D eigenvalue weighted by Crippen LogP contribution is 2.31. The van der Waals surface area contributed by atoms with Gasteiger partial charge in [-0.2, -0.15) is 0 Å². The summed E-state index contributed by atoms with van der Waals surface area (Å²) in [5.74, 6) is -0.343. The van der Waals surface area contributed by atoms with E-state index in [1.54, 1.807) is 0 Å². The van der Waals surface area contributed by atoms with Crippen LogP contribution in [0.15, 0.2) is 29.2 Å². The van der Waals surface area contributed by atoms with E-state index in [9.17, 15) is 23.3 Å². The van der Waals surface area contributed by atoms with Crippen LogP contribution in [0.3, 0.4) is 0 Å². The van der Waals surface area contributed by atoms with Gasteiger partial charge in [0.05, 0.1) is 4.92 Å². The fourth-order valence-electron chi connectivity index (χ4n) is 2.28. The molecule has 2 rings (SSSR count). The lowest BCUT2D eigenvalue weighted by Crippen LogP contribution is -2.33. The van der Waals surface area contributed by atoms with Gasteiger partial charge in [0.15, 0.2) is 15.6 Å². The van der Waals surface area contributed by atoms with Crippen LogP contribution >= 0.6 is 0 Å². The first-order valence-electron chi connectivity index (χ1n) is 5.94. The van der Waals surface area contributed by atoms with Crippen molar-refractivity contribution < 1.29 is 18.1 Å². The zero-order valence-corrected chi connectivity index (χ0v) is 10.9. The molecule has 6 nitrogen and oxygen atoms in total. The molecule has 0 radical (unpaired) electrons. The smallest absolute Gasteiger partial charge is 0.287 e. The molecule has 1 atom stereocenters. The largest absolute Gasteiger partial charge is 0.298 e. The van der Waals surface area contributed by atoms with E-state index >= 15 is 0 Å². The molecular weight excluding hydrogens is 270 g/mol. The van der Waals surface area contributed by atoms with Crippen molar-refractivity contribution in [1.29, 1.82) is 0 Å². The Kier molecular flexibility index (Phi) is 3.66. The van der Waals surface area contributed by atoms with E-state index in [0.717, 1.165) is 6.07 Å². The van der Waals surface area contributed by atoms with Gasteiger partial charge in [0, 0.05) is 12.5 Å². The molecule has 0 aliphatic heterocycles. The second-order valence-electron chi connectivity index (χ2n) is 4.47. The third-order valence-electron chi connectivity index (χ3n) is 3.24. The Morgan fingerprint density at radius 1 is 1.21 bits per heavy atom. The van der Waals surface area contributed by atoms with Crippen molar-refractivity contribution in [2.75, 3.05) is 0 Å². The molecule has 0 amide bonds. The monoisotopic (exact) mass is 283 g/mol. The van der Waals surface area contributed by atoms with Gasteiger partial charge in [-0.1, -0.05) is 18.6 Å². The summed E-state index contributed by atoms with van der Waals surface area (Å²) >= 11 is 0. The Morgan fingerprint density at radius 3 is 2.53 bits per heavy atom. The Hall–Kier alpha value is -1.76. The van der Waals surface area contributed by atoms with Crippen LogP contribution in [0.25, 0.3) is 0 Å².